The van der Waals surface area contributed by atoms with Crippen molar-refractivity contribution in [2.75, 3.05) is 7.05 Å². The molecule has 1 heteroatoms. The maximum atomic E-state index is 3.89. The zero-order chi connectivity index (χ0) is 8.53. The third-order valence-electron chi connectivity index (χ3n) is 1.11. The first kappa shape index (κ1) is 9.89. The molecule has 0 aliphatic carbocycles. The Bertz CT molecular complexity index is 195. The third-order valence-corrected chi connectivity index (χ3v) is 1.11. The fourth-order valence-electron chi connectivity index (χ4n) is 0.629. The Morgan fingerprint density at radius 2 is 1.91 bits per heavy atom. The molecule has 0 amide bonds. The summed E-state index contributed by atoms with van der Waals surface area (Å²) in [6, 6.07) is 0. The van der Waals surface area contributed by atoms with E-state index in [1.165, 1.54) is 0 Å². The van der Waals surface area contributed by atoms with Crippen LogP contribution in [0.5, 0.6) is 0 Å². The molecule has 0 heterocycles. The Hall–Kier alpha value is -1.11. The summed E-state index contributed by atoms with van der Waals surface area (Å²) in [5.41, 5.74) is 1.16. The van der Waals surface area contributed by atoms with Crippen molar-refractivity contribution in [3.05, 3.63) is 36.0 Å². The van der Waals surface area contributed by atoms with Crippen LogP contribution in [0, 0.1) is 0 Å². The third kappa shape index (κ3) is 6.78. The van der Waals surface area contributed by atoms with Gasteiger partial charge in [-0.05, 0) is 19.4 Å². The van der Waals surface area contributed by atoms with Crippen molar-refractivity contribution in [1.29, 1.82) is 0 Å². The summed E-state index contributed by atoms with van der Waals surface area (Å²) in [7, 11) is 1.77. The van der Waals surface area contributed by atoms with Gasteiger partial charge >= 0.3 is 0 Å². The minimum Gasteiger partial charge on any atom is -0.296 e. The molecule has 11 heavy (non-hydrogen) atoms. The molecule has 0 aliphatic heterocycles. The number of rotatable bonds is 3. The van der Waals surface area contributed by atoms with Gasteiger partial charge in [0, 0.05) is 13.3 Å². The van der Waals surface area contributed by atoms with Crippen LogP contribution in [-0.4, -0.2) is 13.3 Å². The van der Waals surface area contributed by atoms with Gasteiger partial charge in [-0.25, -0.2) is 0 Å². The van der Waals surface area contributed by atoms with Crippen LogP contribution in [-0.2, 0) is 0 Å². The van der Waals surface area contributed by atoms with Gasteiger partial charge in [-0.15, -0.1) is 0 Å². The van der Waals surface area contributed by atoms with Gasteiger partial charge in [0.05, 0.1) is 0 Å². The highest BCUT2D eigenvalue weighted by Gasteiger charge is 1.74. The molecule has 0 saturated heterocycles. The first-order valence-corrected chi connectivity index (χ1v) is 3.69. The first-order valence-electron chi connectivity index (χ1n) is 3.69. The number of hydrogen-bond donors (Lipinski definition) is 0. The highest BCUT2D eigenvalue weighted by atomic mass is 14.6. The summed E-state index contributed by atoms with van der Waals surface area (Å²) >= 11 is 0. The highest BCUT2D eigenvalue weighted by molar-refractivity contribution is 5.77. The van der Waals surface area contributed by atoms with Crippen LogP contribution in [0.25, 0.3) is 0 Å². The van der Waals surface area contributed by atoms with E-state index in [-0.39, 0.29) is 0 Å². The lowest BCUT2D eigenvalue weighted by atomic mass is 10.3. The Morgan fingerprint density at radius 1 is 1.18 bits per heavy atom. The van der Waals surface area contributed by atoms with Gasteiger partial charge in [0.25, 0.3) is 0 Å². The largest absolute Gasteiger partial charge is 0.296 e. The molecule has 0 spiro atoms. The lowest BCUT2D eigenvalue weighted by Gasteiger charge is -1.83. The molecular weight excluding hydrogens is 134 g/mol. The van der Waals surface area contributed by atoms with E-state index in [1.807, 2.05) is 50.4 Å². The number of allylic oxidation sites excluding steroid dienone is 6. The van der Waals surface area contributed by atoms with Crippen LogP contribution in [0.1, 0.15) is 13.8 Å². The summed E-state index contributed by atoms with van der Waals surface area (Å²) in [6.45, 7) is 4.02. The number of aliphatic imine (C=N–C) groups is 1. The molecular formula is C10H15N. The SMILES string of the molecule is C/C=C/C=C\C=C(C)\C=N/C. The Morgan fingerprint density at radius 3 is 2.45 bits per heavy atom. The molecule has 0 bridgehead atoms. The van der Waals surface area contributed by atoms with Crippen molar-refractivity contribution in [2.24, 2.45) is 4.99 Å². The van der Waals surface area contributed by atoms with Crippen LogP contribution in [0.4, 0.5) is 0 Å². The first-order chi connectivity index (χ1) is 5.31. The van der Waals surface area contributed by atoms with E-state index in [2.05, 4.69) is 4.99 Å². The van der Waals surface area contributed by atoms with Crippen molar-refractivity contribution in [2.45, 2.75) is 13.8 Å². The average Bonchev–Trinajstić information content (AvgIpc) is 1.99. The molecule has 0 aliphatic rings. The molecule has 0 radical (unpaired) electrons. The van der Waals surface area contributed by atoms with Crippen molar-refractivity contribution >= 4 is 6.21 Å². The van der Waals surface area contributed by atoms with Crippen molar-refractivity contribution in [3.8, 4) is 0 Å². The molecule has 0 atom stereocenters. The van der Waals surface area contributed by atoms with Gasteiger partial charge in [-0.3, -0.25) is 4.99 Å². The van der Waals surface area contributed by atoms with E-state index < -0.39 is 0 Å². The zero-order valence-corrected chi connectivity index (χ0v) is 7.41. The highest BCUT2D eigenvalue weighted by Crippen LogP contribution is 1.88. The molecule has 0 aromatic heterocycles. The average molecular weight is 149 g/mol. The van der Waals surface area contributed by atoms with Crippen molar-refractivity contribution < 1.29 is 0 Å². The van der Waals surface area contributed by atoms with Gasteiger partial charge in [-0.1, -0.05) is 30.4 Å². The van der Waals surface area contributed by atoms with Crippen LogP contribution in [0.15, 0.2) is 40.9 Å². The molecule has 0 aromatic carbocycles. The van der Waals surface area contributed by atoms with Gasteiger partial charge in [-0.2, -0.15) is 0 Å². The van der Waals surface area contributed by atoms with Gasteiger partial charge in [0.1, 0.15) is 0 Å². The van der Waals surface area contributed by atoms with Gasteiger partial charge in [0.2, 0.25) is 0 Å². The molecule has 1 nitrogen and oxygen atoms in total. The minimum absolute atomic E-state index is 1.16. The Balaban J connectivity index is 3.90. The van der Waals surface area contributed by atoms with E-state index in [1.54, 1.807) is 7.05 Å². The molecule has 0 aromatic rings. The molecule has 0 unspecified atom stereocenters. The fraction of sp³-hybridized carbons (Fsp3) is 0.300. The summed E-state index contributed by atoms with van der Waals surface area (Å²) < 4.78 is 0. The predicted octanol–water partition coefficient (Wildman–Crippen LogP) is 2.77. The summed E-state index contributed by atoms with van der Waals surface area (Å²) in [5, 5.41) is 0. The zero-order valence-electron chi connectivity index (χ0n) is 7.41. The van der Waals surface area contributed by atoms with E-state index in [4.69, 9.17) is 0 Å². The molecule has 60 valence electrons. The van der Waals surface area contributed by atoms with E-state index in [0.29, 0.717) is 0 Å². The Kier molecular flexibility index (Phi) is 6.30. The summed E-state index contributed by atoms with van der Waals surface area (Å²) in [6.07, 6.45) is 11.8. The van der Waals surface area contributed by atoms with Crippen molar-refractivity contribution in [3.63, 3.8) is 0 Å². The maximum Gasteiger partial charge on any atom is 0.0277 e. The van der Waals surface area contributed by atoms with Crippen molar-refractivity contribution in [1.82, 2.24) is 0 Å². The molecule has 0 N–H and O–H groups in total. The predicted molar refractivity (Wildman–Crippen MR) is 52.1 cm³/mol. The normalized spacial score (nSPS) is 14.3. The van der Waals surface area contributed by atoms with Gasteiger partial charge < -0.3 is 0 Å². The van der Waals surface area contributed by atoms with Gasteiger partial charge in [0.15, 0.2) is 0 Å². The van der Waals surface area contributed by atoms with Crippen LogP contribution in [0.2, 0.25) is 0 Å². The molecule has 0 rings (SSSR count). The fourth-order valence-corrected chi connectivity index (χ4v) is 0.629. The number of nitrogens with zero attached hydrogens (tertiary/aromatic N) is 1. The van der Waals surface area contributed by atoms with E-state index in [9.17, 15) is 0 Å². The lowest BCUT2D eigenvalue weighted by molar-refractivity contribution is 1.45. The maximum absolute atomic E-state index is 3.89. The van der Waals surface area contributed by atoms with E-state index in [0.717, 1.165) is 5.57 Å². The topological polar surface area (TPSA) is 12.4 Å². The second-order valence-corrected chi connectivity index (χ2v) is 2.21. The molecule has 0 fully saturated rings. The molecule has 0 saturated carbocycles. The summed E-state index contributed by atoms with van der Waals surface area (Å²) in [5.74, 6) is 0. The van der Waals surface area contributed by atoms with Crippen LogP contribution in [0.3, 0.4) is 0 Å². The number of hydrogen-bond acceptors (Lipinski definition) is 1. The van der Waals surface area contributed by atoms with Crippen LogP contribution >= 0.6 is 0 Å². The van der Waals surface area contributed by atoms with Crippen LogP contribution < -0.4 is 0 Å². The Labute approximate surface area is 68.9 Å². The van der Waals surface area contributed by atoms with E-state index >= 15 is 0 Å². The minimum atomic E-state index is 1.16. The standard InChI is InChI=1S/C10H15N/c1-4-5-6-7-8-10(2)9-11-3/h4-9H,1-3H3/b5-4+,7-6-,10-8+,11-9-. The second kappa shape index (κ2) is 7.00. The smallest absolute Gasteiger partial charge is 0.0277 e. The quantitative estimate of drug-likeness (QED) is 0.432. The summed E-state index contributed by atoms with van der Waals surface area (Å²) in [4.78, 5) is 3.89. The second-order valence-electron chi connectivity index (χ2n) is 2.21. The monoisotopic (exact) mass is 149 g/mol. The lowest BCUT2D eigenvalue weighted by Crippen LogP contribution is -1.73.